The van der Waals surface area contributed by atoms with E-state index in [4.69, 9.17) is 23.0 Å². The van der Waals surface area contributed by atoms with Crippen LogP contribution in [-0.4, -0.2) is 78.0 Å². The van der Waals surface area contributed by atoms with E-state index in [1.807, 2.05) is 98.8 Å². The molecule has 4 heterocycles. The molecular formula is C51H58N4O8. The molecule has 12 nitrogen and oxygen atoms in total. The Morgan fingerprint density at radius 2 is 1.19 bits per heavy atom. The van der Waals surface area contributed by atoms with Gasteiger partial charge in [0.05, 0.1) is 37.1 Å². The van der Waals surface area contributed by atoms with Crippen molar-refractivity contribution in [2.45, 2.75) is 53.4 Å². The zero-order valence-corrected chi connectivity index (χ0v) is 36.6. The molecule has 12 heteroatoms. The lowest BCUT2D eigenvalue weighted by atomic mass is 9.90. The van der Waals surface area contributed by atoms with E-state index < -0.39 is 18.0 Å². The van der Waals surface area contributed by atoms with Crippen molar-refractivity contribution in [1.82, 2.24) is 20.2 Å². The molecule has 2 fully saturated rings. The molecule has 4 atom stereocenters. The molecule has 1 amide bonds. The first kappa shape index (κ1) is 44.6. The lowest BCUT2D eigenvalue weighted by molar-refractivity contribution is -0.142. The highest BCUT2D eigenvalue weighted by Crippen LogP contribution is 2.29. The summed E-state index contributed by atoms with van der Waals surface area (Å²) in [5, 5.41) is 13.1. The molecule has 8 rings (SSSR count). The van der Waals surface area contributed by atoms with E-state index in [1.165, 1.54) is 10.5 Å². The lowest BCUT2D eigenvalue weighted by Gasteiger charge is -2.16. The van der Waals surface area contributed by atoms with Crippen molar-refractivity contribution < 1.29 is 37.7 Å². The van der Waals surface area contributed by atoms with Crippen molar-refractivity contribution in [3.63, 3.8) is 0 Å². The smallest absolute Gasteiger partial charge is 0.409 e. The summed E-state index contributed by atoms with van der Waals surface area (Å²) in [6.45, 7) is 12.1. The summed E-state index contributed by atoms with van der Waals surface area (Å²) >= 11 is 0. The van der Waals surface area contributed by atoms with Crippen molar-refractivity contribution in [2.75, 3.05) is 46.0 Å². The van der Waals surface area contributed by atoms with Gasteiger partial charge in [0.1, 0.15) is 23.0 Å². The number of aryl methyl sites for hydroxylation is 2. The van der Waals surface area contributed by atoms with Gasteiger partial charge in [-0.25, -0.2) is 14.8 Å². The second kappa shape index (κ2) is 21.6. The SMILES string of the molecule is CCOC(=O)N1C[C@@H](Cc2ccc(OCCc3nc(-c4ccccc4)oc3C)cc2)[C@@H](C(=O)O)C1.Cc1oc(-c2ccccc2)nc1CCOc1ccc(C[C@@H]2CNC[C@@H]2C)cc1. The van der Waals surface area contributed by atoms with Gasteiger partial charge in [-0.3, -0.25) is 4.79 Å². The number of benzene rings is 4. The monoisotopic (exact) mass is 854 g/mol. The Balaban J connectivity index is 0.000000193. The highest BCUT2D eigenvalue weighted by molar-refractivity contribution is 5.74. The molecular weight excluding hydrogens is 797 g/mol. The summed E-state index contributed by atoms with van der Waals surface area (Å²) in [5.41, 5.74) is 6.15. The largest absolute Gasteiger partial charge is 0.493 e. The summed E-state index contributed by atoms with van der Waals surface area (Å²) < 4.78 is 28.5. The zero-order valence-electron chi connectivity index (χ0n) is 36.6. The first-order chi connectivity index (χ1) is 30.6. The first-order valence-electron chi connectivity index (χ1n) is 22.0. The molecule has 0 radical (unpaired) electrons. The zero-order chi connectivity index (χ0) is 44.1. The molecule has 6 aromatic rings. The maximum Gasteiger partial charge on any atom is 0.409 e. The Morgan fingerprint density at radius 3 is 1.63 bits per heavy atom. The number of carboxylic acids is 1. The number of hydrogen-bond donors (Lipinski definition) is 2. The fraction of sp³-hybridized carbons (Fsp3) is 0.373. The number of carboxylic acid groups (broad SMARTS) is 1. The molecule has 4 aromatic carbocycles. The molecule has 2 aliphatic heterocycles. The Hall–Kier alpha value is -6.40. The number of likely N-dealkylation sites (tertiary alicyclic amines) is 1. The van der Waals surface area contributed by atoms with E-state index in [9.17, 15) is 14.7 Å². The fourth-order valence-electron chi connectivity index (χ4n) is 8.17. The van der Waals surface area contributed by atoms with Gasteiger partial charge >= 0.3 is 12.1 Å². The molecule has 0 unspecified atom stereocenters. The second-order valence-electron chi connectivity index (χ2n) is 16.4. The van der Waals surface area contributed by atoms with Gasteiger partial charge in [-0.2, -0.15) is 0 Å². The van der Waals surface area contributed by atoms with Crippen LogP contribution in [0.1, 0.15) is 47.9 Å². The summed E-state index contributed by atoms with van der Waals surface area (Å²) in [4.78, 5) is 34.5. The van der Waals surface area contributed by atoms with Gasteiger partial charge in [-0.05, 0) is 124 Å². The minimum Gasteiger partial charge on any atom is -0.493 e. The number of carbonyl (C=O) groups excluding carboxylic acids is 1. The summed E-state index contributed by atoms with van der Waals surface area (Å²) in [6, 6.07) is 36.0. The van der Waals surface area contributed by atoms with Crippen LogP contribution in [0.4, 0.5) is 4.79 Å². The van der Waals surface area contributed by atoms with Crippen LogP contribution in [0, 0.1) is 37.5 Å². The number of ether oxygens (including phenoxy) is 3. The molecule has 0 aliphatic carbocycles. The van der Waals surface area contributed by atoms with Crippen molar-refractivity contribution in [1.29, 1.82) is 0 Å². The maximum absolute atomic E-state index is 12.0. The minimum atomic E-state index is -0.889. The summed E-state index contributed by atoms with van der Waals surface area (Å²) in [7, 11) is 0. The van der Waals surface area contributed by atoms with Gasteiger partial charge in [0.25, 0.3) is 0 Å². The number of oxazole rings is 2. The fourth-order valence-corrected chi connectivity index (χ4v) is 8.17. The summed E-state index contributed by atoms with van der Waals surface area (Å²) in [5.74, 6) is 4.38. The van der Waals surface area contributed by atoms with E-state index in [0.717, 1.165) is 88.9 Å². The average molecular weight is 855 g/mol. The van der Waals surface area contributed by atoms with Gasteiger partial charge in [0.2, 0.25) is 11.8 Å². The Labute approximate surface area is 369 Å². The molecule has 0 bridgehead atoms. The van der Waals surface area contributed by atoms with Crippen LogP contribution in [0.25, 0.3) is 22.9 Å². The molecule has 63 heavy (non-hydrogen) atoms. The number of rotatable bonds is 16. The van der Waals surface area contributed by atoms with Crippen molar-refractivity contribution in [3.8, 4) is 34.4 Å². The molecule has 0 saturated carbocycles. The third kappa shape index (κ3) is 12.2. The minimum absolute atomic E-state index is 0.169. The Bertz CT molecular complexity index is 2360. The number of aliphatic carboxylic acids is 1. The van der Waals surface area contributed by atoms with Gasteiger partial charge < -0.3 is 38.4 Å². The van der Waals surface area contributed by atoms with E-state index in [-0.39, 0.29) is 19.1 Å². The Morgan fingerprint density at radius 1 is 0.698 bits per heavy atom. The van der Waals surface area contributed by atoms with Crippen molar-refractivity contribution in [2.24, 2.45) is 23.7 Å². The van der Waals surface area contributed by atoms with E-state index in [2.05, 4.69) is 46.5 Å². The van der Waals surface area contributed by atoms with Gasteiger partial charge in [0.15, 0.2) is 0 Å². The molecule has 0 spiro atoms. The predicted molar refractivity (Wildman–Crippen MR) is 241 cm³/mol. The van der Waals surface area contributed by atoms with Crippen LogP contribution in [0.15, 0.2) is 118 Å². The third-order valence-electron chi connectivity index (χ3n) is 11.8. The average Bonchev–Trinajstić information content (AvgIpc) is 4.10. The van der Waals surface area contributed by atoms with Crippen LogP contribution in [0.2, 0.25) is 0 Å². The van der Waals surface area contributed by atoms with Crippen molar-refractivity contribution >= 4 is 12.1 Å². The third-order valence-corrected chi connectivity index (χ3v) is 11.8. The van der Waals surface area contributed by atoms with Crippen LogP contribution in [0.5, 0.6) is 11.5 Å². The van der Waals surface area contributed by atoms with Gasteiger partial charge in [0, 0.05) is 37.1 Å². The Kier molecular flexibility index (Phi) is 15.3. The second-order valence-corrected chi connectivity index (χ2v) is 16.4. The number of aromatic nitrogens is 2. The van der Waals surface area contributed by atoms with E-state index >= 15 is 0 Å². The van der Waals surface area contributed by atoms with Crippen LogP contribution in [0.3, 0.4) is 0 Å². The topological polar surface area (TPSA) is 149 Å². The molecule has 2 saturated heterocycles. The predicted octanol–water partition coefficient (Wildman–Crippen LogP) is 9.27. The molecule has 2 aromatic heterocycles. The maximum atomic E-state index is 12.0. The quantitative estimate of drug-likeness (QED) is 0.0960. The molecule has 2 aliphatic rings. The highest BCUT2D eigenvalue weighted by atomic mass is 16.6. The normalized spacial score (nSPS) is 18.1. The van der Waals surface area contributed by atoms with Crippen LogP contribution in [-0.2, 0) is 35.2 Å². The standard InChI is InChI=1S/C27H30N2O6.C24H28N2O2/c1-3-33-27(32)29-16-21(23(17-29)26(30)31)15-19-9-11-22(12-10-19)34-14-13-24-18(2)35-25(28-24)20-7-5-4-6-8-20;1-17-15-25-16-21(17)14-19-8-10-22(11-9-19)27-13-12-23-18(2)28-24(26-23)20-6-4-3-5-7-20/h4-12,21,23H,3,13-17H2,1-2H3,(H,30,31);3-11,17,21,25H,12-16H2,1-2H3/t21-,23+;17-,21+/m10/s1. The first-order valence-corrected chi connectivity index (χ1v) is 22.0. The van der Waals surface area contributed by atoms with Crippen molar-refractivity contribution in [3.05, 3.63) is 143 Å². The van der Waals surface area contributed by atoms with Crippen LogP contribution >= 0.6 is 0 Å². The van der Waals surface area contributed by atoms with E-state index in [0.29, 0.717) is 44.4 Å². The number of nitrogens with zero attached hydrogens (tertiary/aromatic N) is 3. The van der Waals surface area contributed by atoms with Gasteiger partial charge in [-0.15, -0.1) is 0 Å². The number of amides is 1. The molecule has 2 N–H and O–H groups in total. The lowest BCUT2D eigenvalue weighted by Crippen LogP contribution is -2.30. The number of carbonyl (C=O) groups is 2. The van der Waals surface area contributed by atoms with Gasteiger partial charge in [-0.1, -0.05) is 67.6 Å². The summed E-state index contributed by atoms with van der Waals surface area (Å²) in [6.07, 6.45) is 2.59. The number of hydrogen-bond acceptors (Lipinski definition) is 10. The van der Waals surface area contributed by atoms with E-state index in [1.54, 1.807) is 6.92 Å². The molecule has 330 valence electrons. The van der Waals surface area contributed by atoms with Crippen LogP contribution < -0.4 is 14.8 Å². The highest BCUT2D eigenvalue weighted by Gasteiger charge is 2.40. The number of nitrogens with one attached hydrogen (secondary N) is 1.